The van der Waals surface area contributed by atoms with Crippen LogP contribution in [0.25, 0.3) is 0 Å². The van der Waals surface area contributed by atoms with Crippen molar-refractivity contribution in [3.8, 4) is 0 Å². The largest absolute Gasteiger partial charge is 0.338 e. The minimum absolute atomic E-state index is 0.0235. The zero-order chi connectivity index (χ0) is 23.8. The van der Waals surface area contributed by atoms with E-state index in [-0.39, 0.29) is 26.2 Å². The third-order valence-corrected chi connectivity index (χ3v) is 7.90. The number of rotatable bonds is 5. The van der Waals surface area contributed by atoms with Gasteiger partial charge >= 0.3 is 6.03 Å². The highest BCUT2D eigenvalue weighted by atomic mass is 32.2. The molecule has 2 aliphatic rings. The van der Waals surface area contributed by atoms with E-state index in [1.165, 1.54) is 23.1 Å². The maximum Gasteiger partial charge on any atom is 0.325 e. The van der Waals surface area contributed by atoms with Gasteiger partial charge in [0.05, 0.1) is 0 Å². The van der Waals surface area contributed by atoms with Gasteiger partial charge in [0.2, 0.25) is 15.9 Å². The van der Waals surface area contributed by atoms with Crippen LogP contribution in [0.5, 0.6) is 0 Å². The fourth-order valence-corrected chi connectivity index (χ4v) is 5.50. The molecule has 0 unspecified atom stereocenters. The van der Waals surface area contributed by atoms with Crippen LogP contribution in [0.1, 0.15) is 12.5 Å². The third-order valence-electron chi connectivity index (χ3n) is 5.97. The average molecular weight is 475 g/mol. The fourth-order valence-electron chi connectivity index (χ4n) is 4.01. The highest BCUT2D eigenvalue weighted by Gasteiger charge is 2.49. The summed E-state index contributed by atoms with van der Waals surface area (Å²) in [6.07, 6.45) is 0. The standard InChI is InChI=1S/C22H23FN4O5S/c1-22(16-7-3-2-4-8-16)20(29)27(21(30)24-22)15-19(28)25-11-13-26(14-12-25)33(31,32)18-10-6-5-9-17(18)23/h2-10H,11-15H2,1H3,(H,24,30)/t22-/m1/s1. The van der Waals surface area contributed by atoms with Crippen LogP contribution in [0.15, 0.2) is 59.5 Å². The van der Waals surface area contributed by atoms with Gasteiger partial charge in [-0.3, -0.25) is 14.5 Å². The summed E-state index contributed by atoms with van der Waals surface area (Å²) in [7, 11) is -4.04. The van der Waals surface area contributed by atoms with Crippen molar-refractivity contribution in [2.24, 2.45) is 0 Å². The van der Waals surface area contributed by atoms with Crippen molar-refractivity contribution in [2.75, 3.05) is 32.7 Å². The van der Waals surface area contributed by atoms with Crippen LogP contribution >= 0.6 is 0 Å². The van der Waals surface area contributed by atoms with Crippen molar-refractivity contribution in [3.05, 3.63) is 66.0 Å². The maximum absolute atomic E-state index is 14.0. The molecule has 1 atom stereocenters. The lowest BCUT2D eigenvalue weighted by molar-refractivity contribution is -0.139. The number of hydrogen-bond acceptors (Lipinski definition) is 5. The van der Waals surface area contributed by atoms with E-state index >= 15 is 0 Å². The third kappa shape index (κ3) is 4.09. The zero-order valence-corrected chi connectivity index (χ0v) is 18.7. The Morgan fingerprint density at radius 1 is 1.00 bits per heavy atom. The molecule has 4 amide bonds. The molecule has 4 rings (SSSR count). The van der Waals surface area contributed by atoms with E-state index in [9.17, 15) is 27.2 Å². The van der Waals surface area contributed by atoms with Gasteiger partial charge < -0.3 is 10.2 Å². The molecule has 2 heterocycles. The van der Waals surface area contributed by atoms with E-state index in [1.807, 2.05) is 0 Å². The number of urea groups is 1. The second-order valence-electron chi connectivity index (χ2n) is 8.03. The number of nitrogens with zero attached hydrogens (tertiary/aromatic N) is 3. The summed E-state index contributed by atoms with van der Waals surface area (Å²) in [5.74, 6) is -1.84. The molecule has 2 aliphatic heterocycles. The molecular formula is C22H23FN4O5S. The van der Waals surface area contributed by atoms with Crippen LogP contribution in [-0.4, -0.2) is 73.1 Å². The van der Waals surface area contributed by atoms with E-state index in [4.69, 9.17) is 0 Å². The molecule has 33 heavy (non-hydrogen) atoms. The molecule has 0 radical (unpaired) electrons. The van der Waals surface area contributed by atoms with Gasteiger partial charge in [-0.1, -0.05) is 42.5 Å². The van der Waals surface area contributed by atoms with Crippen LogP contribution in [0, 0.1) is 5.82 Å². The number of nitrogens with one attached hydrogen (secondary N) is 1. The maximum atomic E-state index is 14.0. The lowest BCUT2D eigenvalue weighted by atomic mass is 9.92. The van der Waals surface area contributed by atoms with Crippen molar-refractivity contribution in [1.29, 1.82) is 0 Å². The highest BCUT2D eigenvalue weighted by Crippen LogP contribution is 2.28. The van der Waals surface area contributed by atoms with Crippen molar-refractivity contribution in [2.45, 2.75) is 17.4 Å². The Balaban J connectivity index is 1.40. The first-order valence-corrected chi connectivity index (χ1v) is 11.8. The lowest BCUT2D eigenvalue weighted by Gasteiger charge is -2.34. The fraction of sp³-hybridized carbons (Fsp3) is 0.318. The predicted molar refractivity (Wildman–Crippen MR) is 116 cm³/mol. The van der Waals surface area contributed by atoms with Gasteiger partial charge in [0.25, 0.3) is 5.91 Å². The van der Waals surface area contributed by atoms with Gasteiger partial charge in [-0.05, 0) is 24.6 Å². The molecule has 0 bridgehead atoms. The van der Waals surface area contributed by atoms with Gasteiger partial charge in [0.1, 0.15) is 22.8 Å². The van der Waals surface area contributed by atoms with Gasteiger partial charge in [0.15, 0.2) is 0 Å². The second-order valence-corrected chi connectivity index (χ2v) is 9.93. The molecule has 2 aromatic carbocycles. The Bertz CT molecular complexity index is 1200. The van der Waals surface area contributed by atoms with Gasteiger partial charge in [-0.15, -0.1) is 0 Å². The second kappa shape index (κ2) is 8.56. The minimum atomic E-state index is -4.04. The first kappa shape index (κ1) is 22.9. The molecule has 2 fully saturated rings. The van der Waals surface area contributed by atoms with Crippen LogP contribution in [0.4, 0.5) is 9.18 Å². The van der Waals surface area contributed by atoms with Gasteiger partial charge in [0, 0.05) is 26.2 Å². The number of halogens is 1. The molecule has 0 aromatic heterocycles. The number of carbonyl (C=O) groups is 3. The number of carbonyl (C=O) groups excluding carboxylic acids is 3. The summed E-state index contributed by atoms with van der Waals surface area (Å²) in [6, 6.07) is 13.2. The summed E-state index contributed by atoms with van der Waals surface area (Å²) < 4.78 is 40.6. The molecule has 2 saturated heterocycles. The Hall–Kier alpha value is -3.31. The number of amides is 4. The summed E-state index contributed by atoms with van der Waals surface area (Å²) in [4.78, 5) is 40.1. The number of hydrogen-bond donors (Lipinski definition) is 1. The summed E-state index contributed by atoms with van der Waals surface area (Å²) in [6.45, 7) is 1.21. The Morgan fingerprint density at radius 3 is 2.24 bits per heavy atom. The number of sulfonamides is 1. The molecule has 11 heteroatoms. The van der Waals surface area contributed by atoms with Crippen molar-refractivity contribution in [1.82, 2.24) is 19.4 Å². The number of imide groups is 1. The SMILES string of the molecule is C[C@]1(c2ccccc2)NC(=O)N(CC(=O)N2CCN(S(=O)(=O)c3ccccc3F)CC2)C1=O. The Morgan fingerprint density at radius 2 is 1.61 bits per heavy atom. The smallest absolute Gasteiger partial charge is 0.325 e. The first-order valence-electron chi connectivity index (χ1n) is 10.4. The van der Waals surface area contributed by atoms with Crippen LogP contribution in [-0.2, 0) is 25.2 Å². The van der Waals surface area contributed by atoms with Gasteiger partial charge in [-0.25, -0.2) is 17.6 Å². The van der Waals surface area contributed by atoms with E-state index in [0.29, 0.717) is 5.56 Å². The zero-order valence-electron chi connectivity index (χ0n) is 17.9. The molecule has 174 valence electrons. The predicted octanol–water partition coefficient (Wildman–Crippen LogP) is 1.13. The lowest BCUT2D eigenvalue weighted by Crippen LogP contribution is -2.53. The van der Waals surface area contributed by atoms with Crippen molar-refractivity contribution >= 4 is 27.9 Å². The van der Waals surface area contributed by atoms with Crippen LogP contribution < -0.4 is 5.32 Å². The molecule has 0 aliphatic carbocycles. The van der Waals surface area contributed by atoms with E-state index in [0.717, 1.165) is 15.3 Å². The number of benzene rings is 2. The van der Waals surface area contributed by atoms with Gasteiger partial charge in [-0.2, -0.15) is 4.31 Å². The minimum Gasteiger partial charge on any atom is -0.338 e. The van der Waals surface area contributed by atoms with Crippen LogP contribution in [0.3, 0.4) is 0 Å². The first-order chi connectivity index (χ1) is 15.6. The molecule has 1 N–H and O–H groups in total. The molecule has 2 aromatic rings. The summed E-state index contributed by atoms with van der Waals surface area (Å²) in [5, 5.41) is 2.65. The normalized spacial score (nSPS) is 21.9. The summed E-state index contributed by atoms with van der Waals surface area (Å²) >= 11 is 0. The molecule has 9 nitrogen and oxygen atoms in total. The average Bonchev–Trinajstić information content (AvgIpc) is 3.03. The van der Waals surface area contributed by atoms with Crippen molar-refractivity contribution in [3.63, 3.8) is 0 Å². The Labute approximate surface area is 190 Å². The molecular weight excluding hydrogens is 451 g/mol. The quantitative estimate of drug-likeness (QED) is 0.654. The number of piperazine rings is 1. The molecule has 0 spiro atoms. The van der Waals surface area contributed by atoms with E-state index in [1.54, 1.807) is 37.3 Å². The van der Waals surface area contributed by atoms with E-state index < -0.39 is 50.7 Å². The molecule has 0 saturated carbocycles. The highest BCUT2D eigenvalue weighted by molar-refractivity contribution is 7.89. The van der Waals surface area contributed by atoms with E-state index in [2.05, 4.69) is 5.32 Å². The topological polar surface area (TPSA) is 107 Å². The monoisotopic (exact) mass is 474 g/mol. The summed E-state index contributed by atoms with van der Waals surface area (Å²) in [5.41, 5.74) is -0.671. The van der Waals surface area contributed by atoms with Crippen molar-refractivity contribution < 1.29 is 27.2 Å². The van der Waals surface area contributed by atoms with Crippen LogP contribution in [0.2, 0.25) is 0 Å². The Kier molecular flexibility index (Phi) is 5.93.